The van der Waals surface area contributed by atoms with Crippen LogP contribution in [-0.4, -0.2) is 24.3 Å². The van der Waals surface area contributed by atoms with Crippen LogP contribution in [0.2, 0.25) is 0 Å². The van der Waals surface area contributed by atoms with Crippen LogP contribution in [0.3, 0.4) is 0 Å². The van der Waals surface area contributed by atoms with Crippen LogP contribution in [0.15, 0.2) is 23.0 Å². The Labute approximate surface area is 127 Å². The molecule has 1 aromatic rings. The zero-order valence-electron chi connectivity index (χ0n) is 13.6. The highest BCUT2D eigenvalue weighted by atomic mass is 16.6. The third-order valence-electron chi connectivity index (χ3n) is 2.97. The van der Waals surface area contributed by atoms with E-state index in [0.717, 1.165) is 31.4 Å². The molecule has 5 heteroatoms. The van der Waals surface area contributed by atoms with E-state index in [2.05, 4.69) is 17.6 Å². The first-order chi connectivity index (χ1) is 9.90. The van der Waals surface area contributed by atoms with Crippen LogP contribution in [-0.2, 0) is 11.3 Å². The highest BCUT2D eigenvalue weighted by Crippen LogP contribution is 2.07. The van der Waals surface area contributed by atoms with E-state index in [-0.39, 0.29) is 12.1 Å². The second-order valence-electron chi connectivity index (χ2n) is 6.23. The number of unbranched alkanes of at least 4 members (excludes halogenated alkanes) is 1. The standard InChI is InChI=1S/C16H28N2O3/c1-5-6-7-14(17-10-13-8-9-20-12-13)11-18-15(19)21-16(2,3)4/h8-9,12,14,17H,5-7,10-11H2,1-4H3,(H,18,19). The summed E-state index contributed by atoms with van der Waals surface area (Å²) in [7, 11) is 0. The molecule has 0 aliphatic carbocycles. The van der Waals surface area contributed by atoms with Gasteiger partial charge in [-0.2, -0.15) is 0 Å². The van der Waals surface area contributed by atoms with E-state index in [4.69, 9.17) is 9.15 Å². The fourth-order valence-electron chi connectivity index (χ4n) is 1.90. The van der Waals surface area contributed by atoms with Crippen LogP contribution in [0, 0.1) is 0 Å². The van der Waals surface area contributed by atoms with Crippen LogP contribution in [0.25, 0.3) is 0 Å². The third-order valence-corrected chi connectivity index (χ3v) is 2.97. The van der Waals surface area contributed by atoms with Crippen molar-refractivity contribution in [1.29, 1.82) is 0 Å². The summed E-state index contributed by atoms with van der Waals surface area (Å²) in [5, 5.41) is 6.28. The van der Waals surface area contributed by atoms with Crippen molar-refractivity contribution in [3.05, 3.63) is 24.2 Å². The summed E-state index contributed by atoms with van der Waals surface area (Å²) in [5.74, 6) is 0. The van der Waals surface area contributed by atoms with Gasteiger partial charge in [-0.3, -0.25) is 0 Å². The normalized spacial score (nSPS) is 13.0. The zero-order valence-corrected chi connectivity index (χ0v) is 13.6. The van der Waals surface area contributed by atoms with E-state index in [0.29, 0.717) is 6.54 Å². The molecule has 1 aromatic heterocycles. The SMILES string of the molecule is CCCCC(CNC(=O)OC(C)(C)C)NCc1ccoc1. The molecule has 0 saturated carbocycles. The molecule has 0 fully saturated rings. The number of amides is 1. The van der Waals surface area contributed by atoms with Gasteiger partial charge in [0.05, 0.1) is 12.5 Å². The van der Waals surface area contributed by atoms with E-state index >= 15 is 0 Å². The first kappa shape index (κ1) is 17.6. The van der Waals surface area contributed by atoms with Crippen molar-refractivity contribution in [2.24, 2.45) is 0 Å². The van der Waals surface area contributed by atoms with Crippen molar-refractivity contribution in [2.75, 3.05) is 6.54 Å². The molecule has 1 rings (SSSR count). The largest absolute Gasteiger partial charge is 0.472 e. The Morgan fingerprint density at radius 1 is 1.43 bits per heavy atom. The van der Waals surface area contributed by atoms with Gasteiger partial charge in [-0.25, -0.2) is 4.79 Å². The summed E-state index contributed by atoms with van der Waals surface area (Å²) in [6, 6.07) is 2.16. The summed E-state index contributed by atoms with van der Waals surface area (Å²) < 4.78 is 10.3. The molecular formula is C16H28N2O3. The van der Waals surface area contributed by atoms with Crippen LogP contribution < -0.4 is 10.6 Å². The third kappa shape index (κ3) is 8.40. The summed E-state index contributed by atoms with van der Waals surface area (Å²) in [5.41, 5.74) is 0.640. The quantitative estimate of drug-likeness (QED) is 0.771. The maximum atomic E-state index is 11.7. The average molecular weight is 296 g/mol. The highest BCUT2D eigenvalue weighted by molar-refractivity contribution is 5.67. The number of hydrogen-bond donors (Lipinski definition) is 2. The minimum absolute atomic E-state index is 0.229. The van der Waals surface area contributed by atoms with Crippen LogP contribution in [0.1, 0.15) is 52.5 Å². The molecule has 1 amide bonds. The van der Waals surface area contributed by atoms with Gasteiger partial charge in [0.15, 0.2) is 0 Å². The first-order valence-corrected chi connectivity index (χ1v) is 7.62. The molecule has 1 heterocycles. The van der Waals surface area contributed by atoms with Gasteiger partial charge < -0.3 is 19.8 Å². The number of carbonyl (C=O) groups is 1. The maximum Gasteiger partial charge on any atom is 0.407 e. The number of rotatable bonds is 8. The summed E-state index contributed by atoms with van der Waals surface area (Å²) in [6.07, 6.45) is 6.30. The lowest BCUT2D eigenvalue weighted by Gasteiger charge is -2.22. The summed E-state index contributed by atoms with van der Waals surface area (Å²) >= 11 is 0. The van der Waals surface area contributed by atoms with Gasteiger partial charge in [-0.15, -0.1) is 0 Å². The number of furan rings is 1. The molecule has 1 atom stereocenters. The second kappa shape index (κ2) is 8.72. The molecule has 2 N–H and O–H groups in total. The second-order valence-corrected chi connectivity index (χ2v) is 6.23. The lowest BCUT2D eigenvalue weighted by atomic mass is 10.1. The highest BCUT2D eigenvalue weighted by Gasteiger charge is 2.17. The van der Waals surface area contributed by atoms with E-state index in [1.54, 1.807) is 12.5 Å². The fourth-order valence-corrected chi connectivity index (χ4v) is 1.90. The molecule has 5 nitrogen and oxygen atoms in total. The lowest BCUT2D eigenvalue weighted by molar-refractivity contribution is 0.0521. The van der Waals surface area contributed by atoms with Gasteiger partial charge in [0.25, 0.3) is 0 Å². The van der Waals surface area contributed by atoms with Crippen molar-refractivity contribution in [3.8, 4) is 0 Å². The van der Waals surface area contributed by atoms with E-state index in [1.165, 1.54) is 0 Å². The topological polar surface area (TPSA) is 63.5 Å². The van der Waals surface area contributed by atoms with Crippen LogP contribution >= 0.6 is 0 Å². The number of hydrogen-bond acceptors (Lipinski definition) is 4. The number of alkyl carbamates (subject to hydrolysis) is 1. The predicted molar refractivity (Wildman–Crippen MR) is 83.1 cm³/mol. The molecule has 0 radical (unpaired) electrons. The molecule has 0 spiro atoms. The molecule has 21 heavy (non-hydrogen) atoms. The Hall–Kier alpha value is -1.49. The predicted octanol–water partition coefficient (Wildman–Crippen LogP) is 3.45. The van der Waals surface area contributed by atoms with Crippen LogP contribution in [0.4, 0.5) is 4.79 Å². The lowest BCUT2D eigenvalue weighted by Crippen LogP contribution is -2.42. The molecule has 0 aliphatic rings. The van der Waals surface area contributed by atoms with Crippen molar-refractivity contribution in [2.45, 2.75) is 65.1 Å². The summed E-state index contributed by atoms with van der Waals surface area (Å²) in [4.78, 5) is 11.7. The number of ether oxygens (including phenoxy) is 1. The fraction of sp³-hybridized carbons (Fsp3) is 0.688. The minimum atomic E-state index is -0.465. The number of nitrogens with one attached hydrogen (secondary N) is 2. The Bertz CT molecular complexity index is 396. The Morgan fingerprint density at radius 3 is 2.76 bits per heavy atom. The molecule has 1 unspecified atom stereocenters. The maximum absolute atomic E-state index is 11.7. The molecular weight excluding hydrogens is 268 g/mol. The van der Waals surface area contributed by atoms with E-state index in [1.807, 2.05) is 26.8 Å². The van der Waals surface area contributed by atoms with Crippen molar-refractivity contribution >= 4 is 6.09 Å². The van der Waals surface area contributed by atoms with E-state index < -0.39 is 5.60 Å². The van der Waals surface area contributed by atoms with Gasteiger partial charge in [0.2, 0.25) is 0 Å². The Morgan fingerprint density at radius 2 is 2.19 bits per heavy atom. The first-order valence-electron chi connectivity index (χ1n) is 7.62. The molecule has 0 aromatic carbocycles. The monoisotopic (exact) mass is 296 g/mol. The zero-order chi connectivity index (χ0) is 15.7. The Balaban J connectivity index is 2.36. The number of carbonyl (C=O) groups excluding carboxylic acids is 1. The van der Waals surface area contributed by atoms with Crippen molar-refractivity contribution in [3.63, 3.8) is 0 Å². The smallest absolute Gasteiger partial charge is 0.407 e. The van der Waals surface area contributed by atoms with Gasteiger partial charge in [-0.1, -0.05) is 19.8 Å². The van der Waals surface area contributed by atoms with Gasteiger partial charge in [-0.05, 0) is 33.3 Å². The van der Waals surface area contributed by atoms with Gasteiger partial charge in [0, 0.05) is 24.7 Å². The molecule has 0 aliphatic heterocycles. The van der Waals surface area contributed by atoms with E-state index in [9.17, 15) is 4.79 Å². The molecule has 120 valence electrons. The Kier molecular flexibility index (Phi) is 7.29. The minimum Gasteiger partial charge on any atom is -0.472 e. The summed E-state index contributed by atoms with van der Waals surface area (Å²) in [6.45, 7) is 9.04. The van der Waals surface area contributed by atoms with Gasteiger partial charge >= 0.3 is 6.09 Å². The van der Waals surface area contributed by atoms with Crippen molar-refractivity contribution in [1.82, 2.24) is 10.6 Å². The van der Waals surface area contributed by atoms with Crippen molar-refractivity contribution < 1.29 is 13.9 Å². The van der Waals surface area contributed by atoms with Crippen LogP contribution in [0.5, 0.6) is 0 Å². The average Bonchev–Trinajstić information content (AvgIpc) is 2.89. The molecule has 0 bridgehead atoms. The molecule has 0 saturated heterocycles. The van der Waals surface area contributed by atoms with Gasteiger partial charge in [0.1, 0.15) is 5.60 Å².